The topological polar surface area (TPSA) is 75.7 Å². The van der Waals surface area contributed by atoms with Crippen LogP contribution in [-0.2, 0) is 34.7 Å². The Morgan fingerprint density at radius 1 is 1.18 bits per heavy atom. The van der Waals surface area contributed by atoms with Gasteiger partial charge in [-0.25, -0.2) is 4.79 Å². The summed E-state index contributed by atoms with van der Waals surface area (Å²) in [5.41, 5.74) is 0.925. The van der Waals surface area contributed by atoms with Gasteiger partial charge in [0.25, 0.3) is 0 Å². The van der Waals surface area contributed by atoms with Crippen LogP contribution in [0, 0.1) is 0 Å². The molecule has 0 unspecified atom stereocenters. The van der Waals surface area contributed by atoms with Gasteiger partial charge in [0, 0.05) is 7.11 Å². The van der Waals surface area contributed by atoms with E-state index in [1.807, 2.05) is 44.2 Å². The summed E-state index contributed by atoms with van der Waals surface area (Å²) >= 11 is 0. The van der Waals surface area contributed by atoms with E-state index >= 15 is 0 Å². The molecule has 3 rings (SSSR count). The number of benzene rings is 1. The molecule has 2 aliphatic heterocycles. The molecule has 0 aliphatic carbocycles. The molecule has 34 heavy (non-hydrogen) atoms. The van der Waals surface area contributed by atoms with Crippen LogP contribution in [0.3, 0.4) is 0 Å². The Morgan fingerprint density at radius 3 is 2.47 bits per heavy atom. The van der Waals surface area contributed by atoms with Crippen LogP contribution in [0.2, 0.25) is 18.1 Å². The lowest BCUT2D eigenvalue weighted by Crippen LogP contribution is -2.65. The maximum absolute atomic E-state index is 13.3. The maximum atomic E-state index is 13.3. The lowest BCUT2D eigenvalue weighted by molar-refractivity contribution is -0.182. The van der Waals surface area contributed by atoms with Crippen LogP contribution in [0.1, 0.15) is 40.2 Å². The van der Waals surface area contributed by atoms with Crippen molar-refractivity contribution in [2.75, 3.05) is 27.1 Å². The lowest BCUT2D eigenvalue weighted by atomic mass is 9.94. The van der Waals surface area contributed by atoms with Gasteiger partial charge < -0.3 is 28.1 Å². The van der Waals surface area contributed by atoms with Gasteiger partial charge in [0.15, 0.2) is 14.1 Å². The molecule has 0 bridgehead atoms. The van der Waals surface area contributed by atoms with Gasteiger partial charge in [-0.1, -0.05) is 51.1 Å². The van der Waals surface area contributed by atoms with Crippen LogP contribution in [0.15, 0.2) is 30.3 Å². The minimum Gasteiger partial charge on any atom is -0.445 e. The molecule has 0 spiro atoms. The van der Waals surface area contributed by atoms with E-state index in [-0.39, 0.29) is 30.6 Å². The highest BCUT2D eigenvalue weighted by molar-refractivity contribution is 6.74. The highest BCUT2D eigenvalue weighted by atomic mass is 28.4. The van der Waals surface area contributed by atoms with Crippen molar-refractivity contribution in [1.82, 2.24) is 4.90 Å². The third kappa shape index (κ3) is 6.38. The van der Waals surface area contributed by atoms with Gasteiger partial charge >= 0.3 is 6.09 Å². The van der Waals surface area contributed by atoms with E-state index in [0.29, 0.717) is 13.2 Å². The van der Waals surface area contributed by atoms with Crippen molar-refractivity contribution in [2.24, 2.45) is 0 Å². The fourth-order valence-electron chi connectivity index (χ4n) is 4.07. The summed E-state index contributed by atoms with van der Waals surface area (Å²) in [7, 11) is -0.512. The smallest absolute Gasteiger partial charge is 0.410 e. The Morgan fingerprint density at radius 2 is 1.85 bits per heavy atom. The van der Waals surface area contributed by atoms with Crippen molar-refractivity contribution in [3.63, 3.8) is 0 Å². The van der Waals surface area contributed by atoms with Gasteiger partial charge in [0.05, 0.1) is 19.2 Å². The quantitative estimate of drug-likeness (QED) is 0.387. The molecule has 2 heterocycles. The Balaban J connectivity index is 1.85. The van der Waals surface area contributed by atoms with Gasteiger partial charge in [-0.15, -0.1) is 0 Å². The third-order valence-corrected chi connectivity index (χ3v) is 11.4. The van der Waals surface area contributed by atoms with Crippen molar-refractivity contribution < 1.29 is 32.9 Å². The van der Waals surface area contributed by atoms with E-state index in [2.05, 4.69) is 33.9 Å². The number of carbonyl (C=O) groups excluding carboxylic acids is 1. The summed E-state index contributed by atoms with van der Waals surface area (Å²) in [6, 6.07) is 9.22. The monoisotopic (exact) mass is 495 g/mol. The van der Waals surface area contributed by atoms with Crippen LogP contribution < -0.4 is 0 Å². The van der Waals surface area contributed by atoms with Crippen LogP contribution in [0.4, 0.5) is 4.79 Å². The van der Waals surface area contributed by atoms with E-state index in [1.165, 1.54) is 0 Å². The van der Waals surface area contributed by atoms with Crippen molar-refractivity contribution in [1.29, 1.82) is 0 Å². The molecule has 2 fully saturated rings. The van der Waals surface area contributed by atoms with Crippen molar-refractivity contribution in [3.05, 3.63) is 35.9 Å². The second-order valence-electron chi connectivity index (χ2n) is 11.0. The molecule has 1 amide bonds. The molecular weight excluding hydrogens is 454 g/mol. The van der Waals surface area contributed by atoms with Gasteiger partial charge in [-0.2, -0.15) is 0 Å². The van der Waals surface area contributed by atoms with E-state index in [0.717, 1.165) is 5.56 Å². The summed E-state index contributed by atoms with van der Waals surface area (Å²) in [6.45, 7) is 15.6. The zero-order chi connectivity index (χ0) is 25.1. The molecule has 1 aromatic carbocycles. The fraction of sp³-hybridized carbons (Fsp3) is 0.720. The van der Waals surface area contributed by atoms with E-state index in [1.54, 1.807) is 12.0 Å². The van der Waals surface area contributed by atoms with Gasteiger partial charge in [-0.3, -0.25) is 4.90 Å². The Kier molecular flexibility index (Phi) is 8.48. The maximum Gasteiger partial charge on any atom is 0.410 e. The number of methoxy groups -OCH3 is 1. The van der Waals surface area contributed by atoms with E-state index < -0.39 is 32.3 Å². The molecule has 2 saturated heterocycles. The summed E-state index contributed by atoms with van der Waals surface area (Å²) in [5, 5.41) is 0.0285. The number of piperidine rings is 1. The van der Waals surface area contributed by atoms with Gasteiger partial charge in [0.1, 0.15) is 31.7 Å². The molecule has 1 aromatic rings. The number of fused-ring (bicyclic) bond motifs is 1. The Labute approximate surface area is 204 Å². The largest absolute Gasteiger partial charge is 0.445 e. The third-order valence-electron chi connectivity index (χ3n) is 6.94. The van der Waals surface area contributed by atoms with Crippen molar-refractivity contribution >= 4 is 14.4 Å². The van der Waals surface area contributed by atoms with Crippen LogP contribution >= 0.6 is 0 Å². The number of carbonyl (C=O) groups is 1. The van der Waals surface area contributed by atoms with Gasteiger partial charge in [0.2, 0.25) is 0 Å². The normalized spacial score (nSPS) is 26.9. The second kappa shape index (κ2) is 10.6. The molecule has 192 valence electrons. The highest BCUT2D eigenvalue weighted by Crippen LogP contribution is 2.40. The minimum absolute atomic E-state index is 0.0285. The Bertz CT molecular complexity index is 811. The standard InChI is InChI=1S/C25H41NO7Si/c1-24(2,3)34(7,8)31-16-19-21(30-17-28-6)22-20(32-25(4,5)33-22)14-26(19)23(27)29-15-18-12-10-9-11-13-18/h9-13,19-22H,14-17H2,1-8H3/t19-,20-,21-,22-/m1/s1. The van der Waals surface area contributed by atoms with Crippen LogP contribution in [0.25, 0.3) is 0 Å². The SMILES string of the molecule is COCO[C@H]1[C@@H]2OC(C)(C)O[C@@H]2CN(C(=O)OCc2ccccc2)[C@@H]1CO[Si](C)(C)C(C)(C)C. The molecule has 0 radical (unpaired) electrons. The summed E-state index contributed by atoms with van der Waals surface area (Å²) in [5.74, 6) is -0.779. The molecule has 0 aromatic heterocycles. The second-order valence-corrected chi connectivity index (χ2v) is 15.8. The van der Waals surface area contributed by atoms with Gasteiger partial charge in [-0.05, 0) is 37.5 Å². The number of likely N-dealkylation sites (tertiary alicyclic amines) is 1. The Hall–Kier alpha value is -1.49. The summed E-state index contributed by atoms with van der Waals surface area (Å²) in [6.07, 6.45) is -1.61. The molecule has 0 saturated carbocycles. The first-order valence-electron chi connectivity index (χ1n) is 11.9. The first-order valence-corrected chi connectivity index (χ1v) is 14.8. The number of amides is 1. The number of hydrogen-bond donors (Lipinski definition) is 0. The zero-order valence-corrected chi connectivity index (χ0v) is 22.8. The van der Waals surface area contributed by atoms with Crippen LogP contribution in [0.5, 0.6) is 0 Å². The number of rotatable bonds is 8. The lowest BCUT2D eigenvalue weighted by Gasteiger charge is -2.46. The van der Waals surface area contributed by atoms with E-state index in [4.69, 9.17) is 28.1 Å². The zero-order valence-electron chi connectivity index (χ0n) is 21.8. The van der Waals surface area contributed by atoms with Crippen molar-refractivity contribution in [2.45, 2.75) is 89.5 Å². The fourth-order valence-corrected chi connectivity index (χ4v) is 5.09. The summed E-state index contributed by atoms with van der Waals surface area (Å²) < 4.78 is 35.9. The molecule has 2 aliphatic rings. The first kappa shape index (κ1) is 27.1. The molecule has 9 heteroatoms. The number of nitrogens with zero attached hydrogens (tertiary/aromatic N) is 1. The average Bonchev–Trinajstić information content (AvgIpc) is 3.07. The van der Waals surface area contributed by atoms with Crippen LogP contribution in [-0.4, -0.2) is 76.5 Å². The molecule has 4 atom stereocenters. The number of ether oxygens (including phenoxy) is 5. The highest BCUT2D eigenvalue weighted by Gasteiger charge is 2.55. The number of hydrogen-bond acceptors (Lipinski definition) is 7. The summed E-state index contributed by atoms with van der Waals surface area (Å²) in [4.78, 5) is 15.0. The first-order chi connectivity index (χ1) is 15.8. The minimum atomic E-state index is -2.08. The predicted octanol–water partition coefficient (Wildman–Crippen LogP) is 4.54. The average molecular weight is 496 g/mol. The van der Waals surface area contributed by atoms with Crippen molar-refractivity contribution in [3.8, 4) is 0 Å². The molecule has 8 nitrogen and oxygen atoms in total. The predicted molar refractivity (Wildman–Crippen MR) is 131 cm³/mol. The van der Waals surface area contributed by atoms with E-state index in [9.17, 15) is 4.79 Å². The molecular formula is C25H41NO7Si. The molecule has 0 N–H and O–H groups in total.